The molecule has 118 valence electrons. The average molecular weight is 296 g/mol. The van der Waals surface area contributed by atoms with E-state index >= 15 is 0 Å². The van der Waals surface area contributed by atoms with Crippen LogP contribution in [0.4, 0.5) is 0 Å². The largest absolute Gasteiger partial charge is 0.0587 e. The van der Waals surface area contributed by atoms with E-state index in [1.165, 1.54) is 22.3 Å². The molecule has 0 heterocycles. The molecule has 0 N–H and O–H groups in total. The second-order valence-corrected chi connectivity index (χ2v) is 6.97. The fraction of sp³-hybridized carbons (Fsp3) is 0.455. The highest BCUT2D eigenvalue weighted by Gasteiger charge is 2.15. The molecule has 0 heteroatoms. The van der Waals surface area contributed by atoms with Gasteiger partial charge in [-0.1, -0.05) is 57.5 Å². The van der Waals surface area contributed by atoms with E-state index < -0.39 is 11.8 Å². The van der Waals surface area contributed by atoms with Crippen molar-refractivity contribution in [1.29, 1.82) is 0 Å². The maximum Gasteiger partial charge on any atom is 0.0347 e. The highest BCUT2D eigenvalue weighted by molar-refractivity contribution is 5.73. The van der Waals surface area contributed by atoms with Crippen molar-refractivity contribution in [1.82, 2.24) is 0 Å². The number of rotatable bonds is 3. The van der Waals surface area contributed by atoms with E-state index in [9.17, 15) is 0 Å². The molecule has 0 aromatic heterocycles. The molecule has 0 saturated heterocycles. The van der Waals surface area contributed by atoms with E-state index in [0.717, 1.165) is 22.3 Å². The van der Waals surface area contributed by atoms with Gasteiger partial charge in [-0.2, -0.15) is 0 Å². The van der Waals surface area contributed by atoms with Crippen molar-refractivity contribution >= 4 is 0 Å². The predicted molar refractivity (Wildman–Crippen MR) is 99.0 cm³/mol. The molecule has 0 saturated carbocycles. The molecule has 0 radical (unpaired) electrons. The molecule has 0 amide bonds. The third-order valence-electron chi connectivity index (χ3n) is 4.45. The summed E-state index contributed by atoms with van der Waals surface area (Å²) in [7, 11) is 0. The third-order valence-corrected chi connectivity index (χ3v) is 4.45. The monoisotopic (exact) mass is 296 g/mol. The van der Waals surface area contributed by atoms with Crippen LogP contribution >= 0.6 is 0 Å². The molecule has 22 heavy (non-hydrogen) atoms. The zero-order valence-electron chi connectivity index (χ0n) is 17.3. The molecular formula is C22H30. The van der Waals surface area contributed by atoms with E-state index in [1.54, 1.807) is 0 Å². The summed E-state index contributed by atoms with van der Waals surface area (Å²) in [5.41, 5.74) is 9.21. The Hall–Kier alpha value is -1.56. The van der Waals surface area contributed by atoms with E-state index in [2.05, 4.69) is 52.0 Å². The summed E-state index contributed by atoms with van der Waals surface area (Å²) in [4.78, 5) is 0. The van der Waals surface area contributed by atoms with Crippen molar-refractivity contribution in [3.63, 3.8) is 0 Å². The van der Waals surface area contributed by atoms with Crippen molar-refractivity contribution in [3.05, 3.63) is 57.6 Å². The summed E-state index contributed by atoms with van der Waals surface area (Å²) < 4.78 is 17.1. The van der Waals surface area contributed by atoms with E-state index in [4.69, 9.17) is 2.74 Å². The molecule has 2 rings (SSSR count). The second kappa shape index (κ2) is 6.28. The van der Waals surface area contributed by atoms with Gasteiger partial charge in [-0.3, -0.25) is 0 Å². The SMILES string of the molecule is [2H]C(C)(C)c1cc(-c2c(C)cc(C)cc2C)cc(C([2H])(C)C)c1C. The summed E-state index contributed by atoms with van der Waals surface area (Å²) in [5.74, 6) is -1.38. The Bertz CT molecular complexity index is 714. The quantitative estimate of drug-likeness (QED) is 0.582. The Labute approximate surface area is 139 Å². The number of benzene rings is 2. The van der Waals surface area contributed by atoms with Gasteiger partial charge in [0.1, 0.15) is 0 Å². The predicted octanol–water partition coefficient (Wildman–Crippen LogP) is 6.83. The Balaban J connectivity index is 2.87. The van der Waals surface area contributed by atoms with Crippen molar-refractivity contribution in [2.45, 2.75) is 67.2 Å². The van der Waals surface area contributed by atoms with Gasteiger partial charge in [-0.05, 0) is 78.4 Å². The van der Waals surface area contributed by atoms with Crippen LogP contribution in [0.15, 0.2) is 24.3 Å². The van der Waals surface area contributed by atoms with Gasteiger partial charge in [0, 0.05) is 2.74 Å². The lowest BCUT2D eigenvalue weighted by atomic mass is 9.84. The Morgan fingerprint density at radius 3 is 1.50 bits per heavy atom. The molecule has 0 aliphatic rings. The summed E-state index contributed by atoms with van der Waals surface area (Å²) in [6, 6.07) is 8.73. The third kappa shape index (κ3) is 3.11. The minimum Gasteiger partial charge on any atom is -0.0587 e. The minimum absolute atomic E-state index is 0.688. The standard InChI is InChI=1S/C22H30/c1-13(2)20-11-19(12-21(14(3)4)18(20)8)22-16(6)9-15(5)10-17(22)7/h9-14H,1-8H3/i13D,14D. The summed E-state index contributed by atoms with van der Waals surface area (Å²) in [6.07, 6.45) is 0. The summed E-state index contributed by atoms with van der Waals surface area (Å²) in [6.45, 7) is 16.2. The summed E-state index contributed by atoms with van der Waals surface area (Å²) in [5, 5.41) is 0. The topological polar surface area (TPSA) is 0 Å². The first kappa shape index (κ1) is 14.1. The molecule has 0 aliphatic carbocycles. The lowest BCUT2D eigenvalue weighted by Crippen LogP contribution is -2.02. The maximum absolute atomic E-state index is 8.55. The first-order valence-electron chi connectivity index (χ1n) is 9.06. The minimum atomic E-state index is -0.688. The molecule has 2 aromatic rings. The van der Waals surface area contributed by atoms with Crippen LogP contribution in [-0.2, 0) is 0 Å². The van der Waals surface area contributed by atoms with Crippen LogP contribution in [0.3, 0.4) is 0 Å². The van der Waals surface area contributed by atoms with Gasteiger partial charge in [-0.15, -0.1) is 0 Å². The lowest BCUT2D eigenvalue weighted by Gasteiger charge is -2.21. The van der Waals surface area contributed by atoms with Gasteiger partial charge < -0.3 is 0 Å². The highest BCUT2D eigenvalue weighted by Crippen LogP contribution is 2.35. The van der Waals surface area contributed by atoms with Crippen LogP contribution in [-0.4, -0.2) is 0 Å². The van der Waals surface area contributed by atoms with Crippen LogP contribution in [0.1, 0.15) is 75.6 Å². The molecule has 0 atom stereocenters. The molecular weight excluding hydrogens is 264 g/mol. The first-order valence-corrected chi connectivity index (χ1v) is 8.06. The molecule has 0 spiro atoms. The van der Waals surface area contributed by atoms with Gasteiger partial charge >= 0.3 is 0 Å². The normalized spacial score (nSPS) is 13.8. The van der Waals surface area contributed by atoms with Crippen LogP contribution in [0.2, 0.25) is 0 Å². The molecule has 0 fully saturated rings. The smallest absolute Gasteiger partial charge is 0.0347 e. The van der Waals surface area contributed by atoms with Gasteiger partial charge in [0.25, 0.3) is 0 Å². The highest BCUT2D eigenvalue weighted by atomic mass is 14.2. The van der Waals surface area contributed by atoms with Crippen molar-refractivity contribution < 1.29 is 2.74 Å². The van der Waals surface area contributed by atoms with E-state index in [-0.39, 0.29) is 0 Å². The molecule has 0 unspecified atom stereocenters. The van der Waals surface area contributed by atoms with E-state index in [0.29, 0.717) is 0 Å². The number of hydrogen-bond acceptors (Lipinski definition) is 0. The molecule has 2 aromatic carbocycles. The molecule has 0 aliphatic heterocycles. The number of aryl methyl sites for hydroxylation is 3. The molecule has 0 nitrogen and oxygen atoms in total. The van der Waals surface area contributed by atoms with Gasteiger partial charge in [0.15, 0.2) is 0 Å². The van der Waals surface area contributed by atoms with Crippen LogP contribution in [0, 0.1) is 27.7 Å². The second-order valence-electron chi connectivity index (χ2n) is 6.97. The summed E-state index contributed by atoms with van der Waals surface area (Å²) >= 11 is 0. The number of hydrogen-bond donors (Lipinski definition) is 0. The first-order chi connectivity index (χ1) is 10.8. The van der Waals surface area contributed by atoms with Crippen molar-refractivity contribution in [2.24, 2.45) is 0 Å². The fourth-order valence-corrected chi connectivity index (χ4v) is 3.53. The zero-order chi connectivity index (χ0) is 18.4. The van der Waals surface area contributed by atoms with Gasteiger partial charge in [0.05, 0.1) is 0 Å². The fourth-order valence-electron chi connectivity index (χ4n) is 3.53. The zero-order valence-corrected chi connectivity index (χ0v) is 15.3. The Morgan fingerprint density at radius 2 is 1.14 bits per heavy atom. The molecule has 0 bridgehead atoms. The lowest BCUT2D eigenvalue weighted by molar-refractivity contribution is 0.818. The average Bonchev–Trinajstić information content (AvgIpc) is 2.36. The van der Waals surface area contributed by atoms with Crippen molar-refractivity contribution in [3.8, 4) is 11.1 Å². The van der Waals surface area contributed by atoms with Crippen LogP contribution < -0.4 is 0 Å². The van der Waals surface area contributed by atoms with Crippen LogP contribution in [0.25, 0.3) is 11.1 Å². The maximum atomic E-state index is 8.55. The van der Waals surface area contributed by atoms with Gasteiger partial charge in [0.2, 0.25) is 0 Å². The van der Waals surface area contributed by atoms with Crippen molar-refractivity contribution in [2.75, 3.05) is 0 Å². The van der Waals surface area contributed by atoms with Gasteiger partial charge in [-0.25, -0.2) is 0 Å². The Morgan fingerprint density at radius 1 is 0.727 bits per heavy atom. The van der Waals surface area contributed by atoms with Crippen LogP contribution in [0.5, 0.6) is 0 Å². The van der Waals surface area contributed by atoms with E-state index in [1.807, 2.05) is 27.7 Å². The Kier molecular flexibility index (Phi) is 4.01.